The molecule has 0 aliphatic rings. The number of carbonyl (C=O) groups is 4. The molecule has 4 N–H and O–H groups in total. The van der Waals surface area contributed by atoms with Crippen LogP contribution < -0.4 is 16.0 Å². The average Bonchev–Trinajstić information content (AvgIpc) is 2.78. The van der Waals surface area contributed by atoms with Crippen molar-refractivity contribution in [1.29, 1.82) is 0 Å². The van der Waals surface area contributed by atoms with E-state index in [4.69, 9.17) is 16.3 Å². The van der Waals surface area contributed by atoms with Crippen molar-refractivity contribution in [3.8, 4) is 5.75 Å². The van der Waals surface area contributed by atoms with E-state index in [2.05, 4.69) is 20.7 Å². The molecule has 0 bridgehead atoms. The number of esters is 1. The second-order valence-electron chi connectivity index (χ2n) is 8.48. The number of phenols is 1. The summed E-state index contributed by atoms with van der Waals surface area (Å²) in [6.07, 6.45) is -0.764. The number of methoxy groups -OCH3 is 1. The molecule has 0 fully saturated rings. The molecule has 3 amide bonds. The van der Waals surface area contributed by atoms with E-state index in [0.29, 0.717) is 5.56 Å². The van der Waals surface area contributed by atoms with Gasteiger partial charge in [-0.05, 0) is 56.7 Å². The van der Waals surface area contributed by atoms with Crippen molar-refractivity contribution >= 4 is 35.5 Å². The molecule has 2 aromatic rings. The number of hydrogen-bond donors (Lipinski definition) is 4. The molecule has 0 saturated carbocycles. The summed E-state index contributed by atoms with van der Waals surface area (Å²) in [6.45, 7) is 4.96. The molecular weight excluding hydrogens is 478 g/mol. The van der Waals surface area contributed by atoms with Gasteiger partial charge in [-0.1, -0.05) is 23.7 Å². The highest BCUT2D eigenvalue weighted by Crippen LogP contribution is 2.19. The minimum absolute atomic E-state index is 0.0161. The maximum absolute atomic E-state index is 12.7. The highest BCUT2D eigenvalue weighted by atomic mass is 35.5. The van der Waals surface area contributed by atoms with Crippen LogP contribution in [0, 0.1) is 0 Å². The highest BCUT2D eigenvalue weighted by Gasteiger charge is 2.25. The predicted octanol–water partition coefficient (Wildman–Crippen LogP) is 2.77. The zero-order valence-electron chi connectivity index (χ0n) is 19.8. The van der Waals surface area contributed by atoms with Gasteiger partial charge in [0.2, 0.25) is 0 Å². The molecule has 1 atom stereocenters. The molecule has 0 aliphatic heterocycles. The molecular formula is C24H28ClN3O7. The largest absolute Gasteiger partial charge is 0.508 e. The molecule has 188 valence electrons. The monoisotopic (exact) mass is 505 g/mol. The zero-order valence-corrected chi connectivity index (χ0v) is 20.6. The summed E-state index contributed by atoms with van der Waals surface area (Å²) >= 11 is 6.22. The van der Waals surface area contributed by atoms with E-state index in [1.807, 2.05) is 0 Å². The normalized spacial score (nSPS) is 11.7. The van der Waals surface area contributed by atoms with Gasteiger partial charge in [0, 0.05) is 12.1 Å². The molecule has 0 spiro atoms. The second kappa shape index (κ2) is 12.1. The molecule has 11 heteroatoms. The first-order valence-corrected chi connectivity index (χ1v) is 11.0. The van der Waals surface area contributed by atoms with Crippen LogP contribution in [0.3, 0.4) is 0 Å². The van der Waals surface area contributed by atoms with Crippen LogP contribution in [0.5, 0.6) is 5.75 Å². The SMILES string of the molecule is COC(=O)[C@H](CNC(=O)OC(C)(C)C)NC(=O)c1ccc(C(=O)NCc2cccc(O)c2)cc1Cl. The van der Waals surface area contributed by atoms with E-state index >= 15 is 0 Å². The van der Waals surface area contributed by atoms with Crippen molar-refractivity contribution in [1.82, 2.24) is 16.0 Å². The molecule has 35 heavy (non-hydrogen) atoms. The Morgan fingerprint density at radius 3 is 2.34 bits per heavy atom. The minimum atomic E-state index is -1.21. The fourth-order valence-corrected chi connectivity index (χ4v) is 3.13. The van der Waals surface area contributed by atoms with Gasteiger partial charge in [0.25, 0.3) is 11.8 Å². The van der Waals surface area contributed by atoms with Crippen LogP contribution >= 0.6 is 11.6 Å². The molecule has 0 unspecified atom stereocenters. The van der Waals surface area contributed by atoms with Gasteiger partial charge in [0.15, 0.2) is 0 Å². The summed E-state index contributed by atoms with van der Waals surface area (Å²) in [6, 6.07) is 9.31. The smallest absolute Gasteiger partial charge is 0.407 e. The molecule has 0 aromatic heterocycles. The summed E-state index contributed by atoms with van der Waals surface area (Å²) in [4.78, 5) is 49.1. The summed E-state index contributed by atoms with van der Waals surface area (Å²) < 4.78 is 9.80. The Labute approximate surface area is 207 Å². The van der Waals surface area contributed by atoms with Crippen LogP contribution in [0.1, 0.15) is 47.1 Å². The highest BCUT2D eigenvalue weighted by molar-refractivity contribution is 6.34. The van der Waals surface area contributed by atoms with E-state index in [0.717, 1.165) is 7.11 Å². The number of aromatic hydroxyl groups is 1. The van der Waals surface area contributed by atoms with Crippen LogP contribution in [0.4, 0.5) is 4.79 Å². The number of amides is 3. The lowest BCUT2D eigenvalue weighted by Gasteiger charge is -2.22. The maximum Gasteiger partial charge on any atom is 0.407 e. The Bertz CT molecular complexity index is 1100. The van der Waals surface area contributed by atoms with E-state index in [-0.39, 0.29) is 35.0 Å². The molecule has 0 aliphatic carbocycles. The summed E-state index contributed by atoms with van der Waals surface area (Å²) in [7, 11) is 1.14. The van der Waals surface area contributed by atoms with Crippen LogP contribution in [0.25, 0.3) is 0 Å². The number of carbonyl (C=O) groups excluding carboxylic acids is 4. The molecule has 10 nitrogen and oxygen atoms in total. The fraction of sp³-hybridized carbons (Fsp3) is 0.333. The van der Waals surface area contributed by atoms with Gasteiger partial charge in [0.05, 0.1) is 24.2 Å². The van der Waals surface area contributed by atoms with Crippen LogP contribution in [-0.2, 0) is 20.8 Å². The van der Waals surface area contributed by atoms with Gasteiger partial charge in [-0.2, -0.15) is 0 Å². The lowest BCUT2D eigenvalue weighted by Crippen LogP contribution is -2.49. The number of nitrogens with one attached hydrogen (secondary N) is 3. The van der Waals surface area contributed by atoms with Crippen molar-refractivity contribution in [2.75, 3.05) is 13.7 Å². The van der Waals surface area contributed by atoms with Crippen molar-refractivity contribution in [2.24, 2.45) is 0 Å². The zero-order chi connectivity index (χ0) is 26.2. The first-order chi connectivity index (χ1) is 16.4. The van der Waals surface area contributed by atoms with E-state index < -0.39 is 35.5 Å². The summed E-state index contributed by atoms with van der Waals surface area (Å²) in [5, 5.41) is 17.0. The second-order valence-corrected chi connectivity index (χ2v) is 8.89. The first kappa shape index (κ1) is 27.5. The first-order valence-electron chi connectivity index (χ1n) is 10.6. The minimum Gasteiger partial charge on any atom is -0.508 e. The van der Waals surface area contributed by atoms with Gasteiger partial charge >= 0.3 is 12.1 Å². The predicted molar refractivity (Wildman–Crippen MR) is 128 cm³/mol. The van der Waals surface area contributed by atoms with Crippen molar-refractivity contribution in [3.63, 3.8) is 0 Å². The molecule has 0 heterocycles. The van der Waals surface area contributed by atoms with Gasteiger partial charge < -0.3 is 30.5 Å². The number of benzene rings is 2. The number of alkyl carbamates (subject to hydrolysis) is 1. The van der Waals surface area contributed by atoms with E-state index in [1.165, 1.54) is 30.3 Å². The quantitative estimate of drug-likeness (QED) is 0.404. The number of halogens is 1. The Morgan fingerprint density at radius 1 is 1.03 bits per heavy atom. The number of ether oxygens (including phenoxy) is 2. The summed E-state index contributed by atoms with van der Waals surface area (Å²) in [5.74, 6) is -1.84. The Balaban J connectivity index is 2.03. The lowest BCUT2D eigenvalue weighted by atomic mass is 10.1. The van der Waals surface area contributed by atoms with Gasteiger partial charge in [-0.15, -0.1) is 0 Å². The van der Waals surface area contributed by atoms with Crippen LogP contribution in [0.15, 0.2) is 42.5 Å². The molecule has 0 radical (unpaired) electrons. The topological polar surface area (TPSA) is 143 Å². The maximum atomic E-state index is 12.7. The third kappa shape index (κ3) is 8.82. The molecule has 0 saturated heterocycles. The number of phenolic OH excluding ortho intramolecular Hbond substituents is 1. The summed E-state index contributed by atoms with van der Waals surface area (Å²) in [5.41, 5.74) is 0.192. The van der Waals surface area contributed by atoms with Crippen LogP contribution in [-0.4, -0.2) is 54.3 Å². The third-order valence-electron chi connectivity index (χ3n) is 4.48. The van der Waals surface area contributed by atoms with Gasteiger partial charge in [-0.3, -0.25) is 9.59 Å². The van der Waals surface area contributed by atoms with Gasteiger partial charge in [0.1, 0.15) is 17.4 Å². The van der Waals surface area contributed by atoms with Crippen molar-refractivity contribution in [2.45, 2.75) is 39.0 Å². The lowest BCUT2D eigenvalue weighted by molar-refractivity contribution is -0.142. The third-order valence-corrected chi connectivity index (χ3v) is 4.79. The van der Waals surface area contributed by atoms with Crippen molar-refractivity contribution < 1.29 is 33.8 Å². The standard InChI is InChI=1S/C24H28ClN3O7/c1-24(2,3)35-23(33)27-13-19(22(32)34-4)28-21(31)17-9-8-15(11-18(17)25)20(30)26-12-14-6-5-7-16(29)10-14/h5-11,19,29H,12-13H2,1-4H3,(H,26,30)(H,27,33)(H,28,31)/t19-/m0/s1. The number of hydrogen-bond acceptors (Lipinski definition) is 7. The Morgan fingerprint density at radius 2 is 1.74 bits per heavy atom. The Kier molecular flexibility index (Phi) is 9.47. The average molecular weight is 506 g/mol. The molecule has 2 aromatic carbocycles. The fourth-order valence-electron chi connectivity index (χ4n) is 2.86. The van der Waals surface area contributed by atoms with Crippen LogP contribution in [0.2, 0.25) is 5.02 Å². The number of rotatable bonds is 8. The van der Waals surface area contributed by atoms with Gasteiger partial charge in [-0.25, -0.2) is 9.59 Å². The van der Waals surface area contributed by atoms with E-state index in [9.17, 15) is 24.3 Å². The van der Waals surface area contributed by atoms with E-state index in [1.54, 1.807) is 32.9 Å². The van der Waals surface area contributed by atoms with Crippen molar-refractivity contribution in [3.05, 3.63) is 64.2 Å². The Hall–Kier alpha value is -3.79. The molecule has 2 rings (SSSR count).